The zero-order chi connectivity index (χ0) is 19.2. The SMILES string of the molecule is O=C(c1ccccc1)N1C[C@H]2C[C@@]34CC[C@@H]1[C@@H]2[C@@]31CCN[C@@H]4Cc2ccccc21. The molecular weight excluding hydrogens is 356 g/mol. The number of nitrogens with one attached hydrogen (secondary N) is 1. The minimum Gasteiger partial charge on any atom is -0.335 e. The maximum absolute atomic E-state index is 13.5. The van der Waals surface area contributed by atoms with Gasteiger partial charge < -0.3 is 10.2 Å². The number of carbonyl (C=O) groups is 1. The van der Waals surface area contributed by atoms with E-state index in [9.17, 15) is 4.79 Å². The van der Waals surface area contributed by atoms with Gasteiger partial charge in [0, 0.05) is 29.6 Å². The molecule has 4 bridgehead atoms. The highest BCUT2D eigenvalue weighted by molar-refractivity contribution is 5.94. The predicted molar refractivity (Wildman–Crippen MR) is 113 cm³/mol. The monoisotopic (exact) mass is 384 g/mol. The van der Waals surface area contributed by atoms with Crippen molar-refractivity contribution in [3.05, 3.63) is 71.3 Å². The number of hydrogen-bond donors (Lipinski definition) is 1. The number of rotatable bonds is 1. The highest BCUT2D eigenvalue weighted by Gasteiger charge is 2.75. The zero-order valence-electron chi connectivity index (χ0n) is 16.8. The van der Waals surface area contributed by atoms with Crippen LogP contribution >= 0.6 is 0 Å². The van der Waals surface area contributed by atoms with Crippen LogP contribution in [0.15, 0.2) is 54.6 Å². The molecule has 3 nitrogen and oxygen atoms in total. The van der Waals surface area contributed by atoms with Gasteiger partial charge in [-0.3, -0.25) is 4.79 Å². The molecule has 1 amide bonds. The van der Waals surface area contributed by atoms with E-state index in [2.05, 4.69) is 34.5 Å². The Morgan fingerprint density at radius 2 is 1.86 bits per heavy atom. The molecule has 29 heavy (non-hydrogen) atoms. The topological polar surface area (TPSA) is 32.3 Å². The molecule has 3 heteroatoms. The first kappa shape index (κ1) is 16.6. The molecule has 0 radical (unpaired) electrons. The summed E-state index contributed by atoms with van der Waals surface area (Å²) in [4.78, 5) is 15.7. The minimum absolute atomic E-state index is 0.253. The molecule has 1 N–H and O–H groups in total. The van der Waals surface area contributed by atoms with Crippen LogP contribution in [0.1, 0.15) is 47.2 Å². The average molecular weight is 385 g/mol. The predicted octanol–water partition coefficient (Wildman–Crippen LogP) is 3.78. The second-order valence-electron chi connectivity index (χ2n) is 10.2. The van der Waals surface area contributed by atoms with Crippen molar-refractivity contribution in [1.82, 2.24) is 10.2 Å². The Labute approximate surface area is 172 Å². The van der Waals surface area contributed by atoms with Crippen molar-refractivity contribution >= 4 is 5.91 Å². The first-order chi connectivity index (χ1) is 14.2. The second-order valence-corrected chi connectivity index (χ2v) is 10.2. The van der Waals surface area contributed by atoms with Crippen LogP contribution in [0.2, 0.25) is 0 Å². The molecule has 2 heterocycles. The number of carbonyl (C=O) groups excluding carboxylic acids is 1. The van der Waals surface area contributed by atoms with Crippen molar-refractivity contribution in [2.75, 3.05) is 13.1 Å². The van der Waals surface area contributed by atoms with Gasteiger partial charge in [-0.1, -0.05) is 42.5 Å². The molecule has 0 aromatic heterocycles. The summed E-state index contributed by atoms with van der Waals surface area (Å²) < 4.78 is 0. The quantitative estimate of drug-likeness (QED) is 0.811. The summed E-state index contributed by atoms with van der Waals surface area (Å²) in [5, 5.41) is 3.94. The van der Waals surface area contributed by atoms with Crippen LogP contribution in [0.4, 0.5) is 0 Å². The molecule has 2 saturated heterocycles. The van der Waals surface area contributed by atoms with E-state index in [0.29, 0.717) is 29.3 Å². The van der Waals surface area contributed by atoms with Crippen LogP contribution in [-0.2, 0) is 11.8 Å². The molecule has 148 valence electrons. The van der Waals surface area contributed by atoms with Crippen molar-refractivity contribution in [3.8, 4) is 0 Å². The number of likely N-dealkylation sites (tertiary alicyclic amines) is 1. The third kappa shape index (κ3) is 1.83. The Morgan fingerprint density at radius 3 is 2.76 bits per heavy atom. The lowest BCUT2D eigenvalue weighted by Gasteiger charge is -2.64. The van der Waals surface area contributed by atoms with Gasteiger partial charge in [-0.2, -0.15) is 0 Å². The third-order valence-electron chi connectivity index (χ3n) is 9.50. The highest BCUT2D eigenvalue weighted by atomic mass is 16.2. The van der Waals surface area contributed by atoms with Gasteiger partial charge in [0.25, 0.3) is 5.91 Å². The summed E-state index contributed by atoms with van der Waals surface area (Å²) in [5.74, 6) is 1.54. The Balaban J connectivity index is 1.37. The number of piperidine rings is 1. The summed E-state index contributed by atoms with van der Waals surface area (Å²) >= 11 is 0. The fourth-order valence-corrected chi connectivity index (χ4v) is 8.85. The largest absolute Gasteiger partial charge is 0.335 e. The molecule has 0 unspecified atom stereocenters. The summed E-state index contributed by atoms with van der Waals surface area (Å²) in [6.45, 7) is 2.09. The Kier molecular flexibility index (Phi) is 3.16. The number of nitrogens with zero attached hydrogens (tertiary/aromatic N) is 1. The summed E-state index contributed by atoms with van der Waals surface area (Å²) in [7, 11) is 0. The molecule has 7 rings (SSSR count). The van der Waals surface area contributed by atoms with E-state index in [4.69, 9.17) is 0 Å². The molecular formula is C26H28N2O. The van der Waals surface area contributed by atoms with E-state index in [1.54, 1.807) is 11.1 Å². The second kappa shape index (κ2) is 5.51. The van der Waals surface area contributed by atoms with E-state index in [0.717, 1.165) is 18.7 Å². The van der Waals surface area contributed by atoms with Crippen molar-refractivity contribution in [2.45, 2.75) is 49.6 Å². The molecule has 0 spiro atoms. The first-order valence-electron chi connectivity index (χ1n) is 11.4. The van der Waals surface area contributed by atoms with Gasteiger partial charge in [0.1, 0.15) is 0 Å². The molecule has 2 aromatic rings. The lowest BCUT2D eigenvalue weighted by atomic mass is 9.44. The normalized spacial score (nSPS) is 41.0. The van der Waals surface area contributed by atoms with E-state index >= 15 is 0 Å². The molecule has 3 aliphatic carbocycles. The summed E-state index contributed by atoms with van der Waals surface area (Å²) in [5.41, 5.74) is 4.75. The van der Waals surface area contributed by atoms with Gasteiger partial charge in [-0.05, 0) is 79.2 Å². The van der Waals surface area contributed by atoms with Crippen molar-refractivity contribution < 1.29 is 4.79 Å². The maximum Gasteiger partial charge on any atom is 0.254 e. The van der Waals surface area contributed by atoms with Crippen molar-refractivity contribution in [1.29, 1.82) is 0 Å². The number of hydrogen-bond acceptors (Lipinski definition) is 2. The van der Waals surface area contributed by atoms with E-state index in [1.807, 2.05) is 30.3 Å². The molecule has 2 aliphatic heterocycles. The maximum atomic E-state index is 13.5. The average Bonchev–Trinajstić information content (AvgIpc) is 3.20. The van der Waals surface area contributed by atoms with Gasteiger partial charge in [0.15, 0.2) is 0 Å². The Morgan fingerprint density at radius 1 is 1.03 bits per heavy atom. The lowest BCUT2D eigenvalue weighted by Crippen LogP contribution is -2.69. The fourth-order valence-electron chi connectivity index (χ4n) is 8.85. The summed E-state index contributed by atoms with van der Waals surface area (Å²) in [6, 6.07) is 20.3. The Bertz CT molecular complexity index is 1000. The molecule has 2 aromatic carbocycles. The number of fused-ring (bicyclic) bond motifs is 1. The zero-order valence-corrected chi connectivity index (χ0v) is 16.8. The van der Waals surface area contributed by atoms with Crippen LogP contribution in [0.5, 0.6) is 0 Å². The van der Waals surface area contributed by atoms with Crippen LogP contribution < -0.4 is 5.32 Å². The minimum atomic E-state index is 0.253. The van der Waals surface area contributed by atoms with E-state index in [-0.39, 0.29) is 11.3 Å². The van der Waals surface area contributed by atoms with Gasteiger partial charge in [-0.15, -0.1) is 0 Å². The molecule has 5 aliphatic rings. The third-order valence-corrected chi connectivity index (χ3v) is 9.50. The van der Waals surface area contributed by atoms with Gasteiger partial charge in [0.05, 0.1) is 0 Å². The number of benzene rings is 2. The fraction of sp³-hybridized carbons (Fsp3) is 0.500. The van der Waals surface area contributed by atoms with Crippen molar-refractivity contribution in [3.63, 3.8) is 0 Å². The van der Waals surface area contributed by atoms with Crippen molar-refractivity contribution in [2.24, 2.45) is 17.3 Å². The van der Waals surface area contributed by atoms with Crippen LogP contribution in [0, 0.1) is 17.3 Å². The van der Waals surface area contributed by atoms with Crippen LogP contribution in [0.3, 0.4) is 0 Å². The Hall–Kier alpha value is -2.13. The standard InChI is InChI=1S/C26H28N2O/c29-24(17-6-2-1-3-7-17)28-16-19-15-25-11-10-21(28)23(19)26(25)12-13-27-22(25)14-18-8-4-5-9-20(18)26/h1-9,19,21-23,27H,10-16H2/t19-,21-,22-,23-,25-,26+/m1/s1. The van der Waals surface area contributed by atoms with Gasteiger partial charge >= 0.3 is 0 Å². The van der Waals surface area contributed by atoms with Crippen LogP contribution in [-0.4, -0.2) is 36.0 Å². The van der Waals surface area contributed by atoms with E-state index < -0.39 is 0 Å². The smallest absolute Gasteiger partial charge is 0.254 e. The lowest BCUT2D eigenvalue weighted by molar-refractivity contribution is -0.0446. The number of amides is 1. The van der Waals surface area contributed by atoms with Gasteiger partial charge in [0.2, 0.25) is 0 Å². The molecule has 2 saturated carbocycles. The molecule has 6 atom stereocenters. The first-order valence-corrected chi connectivity index (χ1v) is 11.4. The van der Waals surface area contributed by atoms with E-state index in [1.165, 1.54) is 32.1 Å². The molecule has 4 fully saturated rings. The van der Waals surface area contributed by atoms with Crippen LogP contribution in [0.25, 0.3) is 0 Å². The van der Waals surface area contributed by atoms with Gasteiger partial charge in [-0.25, -0.2) is 0 Å². The summed E-state index contributed by atoms with van der Waals surface area (Å²) in [6.07, 6.45) is 6.19. The highest BCUT2D eigenvalue weighted by Crippen LogP contribution is 2.74.